The zero-order valence-electron chi connectivity index (χ0n) is 10.1. The minimum absolute atomic E-state index is 0.00246. The molecule has 0 radical (unpaired) electrons. The van der Waals surface area contributed by atoms with Crippen LogP contribution in [0.2, 0.25) is 0 Å². The molecule has 3 nitrogen and oxygen atoms in total. The Morgan fingerprint density at radius 1 is 1.59 bits per heavy atom. The summed E-state index contributed by atoms with van der Waals surface area (Å²) in [6.45, 7) is 5.34. The summed E-state index contributed by atoms with van der Waals surface area (Å²) in [7, 11) is 0. The standard InChI is InChI=1S/C14H18O3/c1-3-4-7-13(16)10-17-14-8-5-6-12(9-14)11(2)15/h3,5-6,8-9,13,16H,1,4,7,10H2,2H3/t13-/m0/s1. The molecule has 1 N–H and O–H groups in total. The van der Waals surface area contributed by atoms with E-state index in [0.29, 0.717) is 17.7 Å². The first kappa shape index (κ1) is 13.5. The Bertz CT molecular complexity index is 385. The second-order valence-corrected chi connectivity index (χ2v) is 3.91. The number of carbonyl (C=O) groups is 1. The Kier molecular flexibility index (Phi) is 5.43. The second kappa shape index (κ2) is 6.86. The van der Waals surface area contributed by atoms with Gasteiger partial charge in [-0.25, -0.2) is 0 Å². The molecule has 0 bridgehead atoms. The lowest BCUT2D eigenvalue weighted by Gasteiger charge is -2.11. The predicted octanol–water partition coefficient (Wildman–Crippen LogP) is 2.60. The van der Waals surface area contributed by atoms with Crippen LogP contribution in [0, 0.1) is 0 Å². The van der Waals surface area contributed by atoms with E-state index in [1.807, 2.05) is 0 Å². The Morgan fingerprint density at radius 2 is 2.35 bits per heavy atom. The largest absolute Gasteiger partial charge is 0.491 e. The predicted molar refractivity (Wildman–Crippen MR) is 67.4 cm³/mol. The molecule has 0 amide bonds. The lowest BCUT2D eigenvalue weighted by molar-refractivity contribution is 0.0997. The molecule has 1 aromatic rings. The molecule has 1 atom stereocenters. The van der Waals surface area contributed by atoms with Gasteiger partial charge in [-0.2, -0.15) is 0 Å². The van der Waals surface area contributed by atoms with Gasteiger partial charge in [-0.05, 0) is 31.9 Å². The third-order valence-electron chi connectivity index (χ3n) is 2.39. The third kappa shape index (κ3) is 4.83. The van der Waals surface area contributed by atoms with E-state index in [1.165, 1.54) is 6.92 Å². The number of ketones is 1. The summed E-state index contributed by atoms with van der Waals surface area (Å²) in [4.78, 5) is 11.2. The Hall–Kier alpha value is -1.61. The molecule has 0 heterocycles. The number of aliphatic hydroxyl groups is 1. The van der Waals surface area contributed by atoms with Crippen LogP contribution in [0.4, 0.5) is 0 Å². The molecule has 0 aliphatic carbocycles. The third-order valence-corrected chi connectivity index (χ3v) is 2.39. The first-order valence-corrected chi connectivity index (χ1v) is 5.66. The maximum absolute atomic E-state index is 11.2. The monoisotopic (exact) mass is 234 g/mol. The summed E-state index contributed by atoms with van der Waals surface area (Å²) in [5.41, 5.74) is 0.614. The van der Waals surface area contributed by atoms with Crippen LogP contribution in [0.5, 0.6) is 5.75 Å². The minimum Gasteiger partial charge on any atom is -0.491 e. The summed E-state index contributed by atoms with van der Waals surface area (Å²) in [5, 5.41) is 9.58. The molecule has 0 spiro atoms. The summed E-state index contributed by atoms with van der Waals surface area (Å²) in [5.74, 6) is 0.609. The van der Waals surface area contributed by atoms with Crippen molar-refractivity contribution < 1.29 is 14.6 Å². The number of hydrogen-bond donors (Lipinski definition) is 1. The summed E-state index contributed by atoms with van der Waals surface area (Å²) in [6.07, 6.45) is 2.65. The van der Waals surface area contributed by atoms with Gasteiger partial charge < -0.3 is 9.84 Å². The summed E-state index contributed by atoms with van der Waals surface area (Å²) < 4.78 is 5.42. The normalized spacial score (nSPS) is 11.9. The molecule has 17 heavy (non-hydrogen) atoms. The smallest absolute Gasteiger partial charge is 0.159 e. The summed E-state index contributed by atoms with van der Waals surface area (Å²) in [6, 6.07) is 6.96. The van der Waals surface area contributed by atoms with Crippen molar-refractivity contribution in [3.8, 4) is 5.75 Å². The van der Waals surface area contributed by atoms with Crippen molar-refractivity contribution in [2.75, 3.05) is 6.61 Å². The first-order valence-electron chi connectivity index (χ1n) is 5.66. The number of benzene rings is 1. The molecule has 0 saturated carbocycles. The van der Waals surface area contributed by atoms with Crippen LogP contribution >= 0.6 is 0 Å². The van der Waals surface area contributed by atoms with E-state index in [1.54, 1.807) is 30.3 Å². The van der Waals surface area contributed by atoms with Gasteiger partial charge in [-0.3, -0.25) is 4.79 Å². The Labute approximate surface area is 102 Å². The highest BCUT2D eigenvalue weighted by atomic mass is 16.5. The van der Waals surface area contributed by atoms with Gasteiger partial charge in [0.05, 0.1) is 6.10 Å². The van der Waals surface area contributed by atoms with Crippen LogP contribution in [0.3, 0.4) is 0 Å². The maximum Gasteiger partial charge on any atom is 0.159 e. The Balaban J connectivity index is 2.48. The van der Waals surface area contributed by atoms with Crippen molar-refractivity contribution in [3.05, 3.63) is 42.5 Å². The molecule has 3 heteroatoms. The van der Waals surface area contributed by atoms with E-state index in [9.17, 15) is 9.90 Å². The number of Topliss-reactive ketones (excluding diaryl/α,β-unsaturated/α-hetero) is 1. The van der Waals surface area contributed by atoms with Crippen LogP contribution < -0.4 is 4.74 Å². The first-order chi connectivity index (χ1) is 8.13. The van der Waals surface area contributed by atoms with Crippen molar-refractivity contribution in [2.45, 2.75) is 25.9 Å². The van der Waals surface area contributed by atoms with Crippen LogP contribution in [-0.4, -0.2) is 23.6 Å². The van der Waals surface area contributed by atoms with Gasteiger partial charge in [0.25, 0.3) is 0 Å². The van der Waals surface area contributed by atoms with E-state index >= 15 is 0 Å². The van der Waals surface area contributed by atoms with Gasteiger partial charge in [0, 0.05) is 5.56 Å². The van der Waals surface area contributed by atoms with E-state index in [0.717, 1.165) is 6.42 Å². The lowest BCUT2D eigenvalue weighted by atomic mass is 10.1. The van der Waals surface area contributed by atoms with E-state index in [4.69, 9.17) is 4.74 Å². The van der Waals surface area contributed by atoms with Crippen LogP contribution in [0.25, 0.3) is 0 Å². The van der Waals surface area contributed by atoms with E-state index < -0.39 is 6.10 Å². The van der Waals surface area contributed by atoms with Crippen molar-refractivity contribution in [2.24, 2.45) is 0 Å². The van der Waals surface area contributed by atoms with Gasteiger partial charge in [-0.15, -0.1) is 6.58 Å². The highest BCUT2D eigenvalue weighted by Gasteiger charge is 2.05. The SMILES string of the molecule is C=CCC[C@H](O)COc1cccc(C(C)=O)c1. The number of rotatable bonds is 7. The number of ether oxygens (including phenoxy) is 1. The van der Waals surface area contributed by atoms with Gasteiger partial charge >= 0.3 is 0 Å². The maximum atomic E-state index is 11.2. The molecule has 0 fully saturated rings. The van der Waals surface area contributed by atoms with Gasteiger partial charge in [0.15, 0.2) is 5.78 Å². The fraction of sp³-hybridized carbons (Fsp3) is 0.357. The molecular weight excluding hydrogens is 216 g/mol. The van der Waals surface area contributed by atoms with Crippen molar-refractivity contribution >= 4 is 5.78 Å². The van der Waals surface area contributed by atoms with E-state index in [-0.39, 0.29) is 12.4 Å². The zero-order chi connectivity index (χ0) is 12.7. The van der Waals surface area contributed by atoms with Crippen LogP contribution in [0.15, 0.2) is 36.9 Å². The quantitative estimate of drug-likeness (QED) is 0.582. The van der Waals surface area contributed by atoms with Crippen molar-refractivity contribution in [3.63, 3.8) is 0 Å². The molecule has 92 valence electrons. The number of allylic oxidation sites excluding steroid dienone is 1. The molecule has 0 aliphatic rings. The molecule has 1 rings (SSSR count). The molecule has 0 aliphatic heterocycles. The number of aliphatic hydroxyl groups excluding tert-OH is 1. The van der Waals surface area contributed by atoms with Gasteiger partial charge in [0.2, 0.25) is 0 Å². The van der Waals surface area contributed by atoms with Crippen LogP contribution in [-0.2, 0) is 0 Å². The fourth-order valence-corrected chi connectivity index (χ4v) is 1.39. The van der Waals surface area contributed by atoms with Gasteiger partial charge in [0.1, 0.15) is 12.4 Å². The molecule has 1 aromatic carbocycles. The molecule has 0 unspecified atom stereocenters. The molecule has 0 saturated heterocycles. The minimum atomic E-state index is -0.506. The number of hydrogen-bond acceptors (Lipinski definition) is 3. The Morgan fingerprint density at radius 3 is 3.00 bits per heavy atom. The second-order valence-electron chi connectivity index (χ2n) is 3.91. The van der Waals surface area contributed by atoms with Crippen LogP contribution in [0.1, 0.15) is 30.1 Å². The zero-order valence-corrected chi connectivity index (χ0v) is 10.1. The van der Waals surface area contributed by atoms with Crippen molar-refractivity contribution in [1.29, 1.82) is 0 Å². The lowest BCUT2D eigenvalue weighted by Crippen LogP contribution is -2.17. The fourth-order valence-electron chi connectivity index (χ4n) is 1.39. The highest BCUT2D eigenvalue weighted by molar-refractivity contribution is 5.94. The average molecular weight is 234 g/mol. The average Bonchev–Trinajstić information content (AvgIpc) is 2.34. The van der Waals surface area contributed by atoms with Gasteiger partial charge in [-0.1, -0.05) is 18.2 Å². The number of carbonyl (C=O) groups excluding carboxylic acids is 1. The molecule has 0 aromatic heterocycles. The van der Waals surface area contributed by atoms with E-state index in [2.05, 4.69) is 6.58 Å². The van der Waals surface area contributed by atoms with Crippen molar-refractivity contribution in [1.82, 2.24) is 0 Å². The highest BCUT2D eigenvalue weighted by Crippen LogP contribution is 2.14. The molecular formula is C14H18O3. The topological polar surface area (TPSA) is 46.5 Å². The summed E-state index contributed by atoms with van der Waals surface area (Å²) >= 11 is 0.